The number of benzene rings is 3. The summed E-state index contributed by atoms with van der Waals surface area (Å²) in [6, 6.07) is 18.5. The minimum atomic E-state index is -0.242. The van der Waals surface area contributed by atoms with Crippen molar-refractivity contribution in [2.45, 2.75) is 31.8 Å². The van der Waals surface area contributed by atoms with Gasteiger partial charge in [0.05, 0.1) is 24.5 Å². The Morgan fingerprint density at radius 1 is 1.12 bits per heavy atom. The van der Waals surface area contributed by atoms with Crippen molar-refractivity contribution >= 4 is 22.6 Å². The van der Waals surface area contributed by atoms with Gasteiger partial charge in [-0.05, 0) is 52.9 Å². The Morgan fingerprint density at radius 3 is 2.66 bits per heavy atom. The molecule has 0 saturated heterocycles. The Morgan fingerprint density at radius 2 is 1.91 bits per heavy atom. The second-order valence-corrected chi connectivity index (χ2v) is 8.23. The number of fused-ring (bicyclic) bond motifs is 2. The van der Waals surface area contributed by atoms with E-state index in [1.807, 2.05) is 18.2 Å². The molecule has 0 atom stereocenters. The number of carbonyl (C=O) groups excluding carboxylic acids is 1. The van der Waals surface area contributed by atoms with Crippen molar-refractivity contribution < 1.29 is 14.3 Å². The van der Waals surface area contributed by atoms with E-state index in [4.69, 9.17) is 15.2 Å². The van der Waals surface area contributed by atoms with Crippen molar-refractivity contribution in [2.24, 2.45) is 0 Å². The predicted octanol–water partition coefficient (Wildman–Crippen LogP) is 4.46. The molecule has 0 unspecified atom stereocenters. The number of aryl methyl sites for hydroxylation is 1. The van der Waals surface area contributed by atoms with Gasteiger partial charge in [-0.1, -0.05) is 30.3 Å². The quantitative estimate of drug-likeness (QED) is 0.350. The van der Waals surface area contributed by atoms with Gasteiger partial charge in [0.1, 0.15) is 11.9 Å². The number of nitrogens with zero attached hydrogens (tertiary/aromatic N) is 1. The number of hydrogen-bond acceptors (Lipinski definition) is 5. The Hall–Kier alpha value is -3.80. The summed E-state index contributed by atoms with van der Waals surface area (Å²) in [6.45, 7) is 0. The molecule has 6 heteroatoms. The number of anilines is 1. The summed E-state index contributed by atoms with van der Waals surface area (Å²) in [5.74, 6) is 0.446. The fourth-order valence-corrected chi connectivity index (χ4v) is 4.43. The third-order valence-corrected chi connectivity index (χ3v) is 6.07. The molecule has 4 aromatic rings. The third kappa shape index (κ3) is 3.91. The van der Waals surface area contributed by atoms with Crippen LogP contribution in [-0.2, 0) is 28.8 Å². The van der Waals surface area contributed by atoms with Crippen LogP contribution < -0.4 is 10.5 Å². The fraction of sp³-hybridized carbons (Fsp3) is 0.231. The van der Waals surface area contributed by atoms with E-state index in [1.54, 1.807) is 6.20 Å². The standard InChI is InChI=1S/C26H25N3O3/c1-31-25(30)9-6-16-10-22(19-7-8-24-20(12-19)15-28-29-24)26(23(27)11-16)32-21-13-17-4-2-3-5-18(17)14-21/h2-5,7-8,10-12,15,21H,6,9,13-14,27H2,1H3,(H,28,29). The number of methoxy groups -OCH3 is 1. The number of rotatable bonds is 6. The van der Waals surface area contributed by atoms with Gasteiger partial charge in [0, 0.05) is 30.2 Å². The molecule has 0 amide bonds. The van der Waals surface area contributed by atoms with Crippen LogP contribution in [0.3, 0.4) is 0 Å². The summed E-state index contributed by atoms with van der Waals surface area (Å²) in [6.07, 6.45) is 4.41. The first kappa shape index (κ1) is 20.1. The number of H-pyrrole nitrogens is 1. The van der Waals surface area contributed by atoms with Gasteiger partial charge >= 0.3 is 5.97 Å². The fourth-order valence-electron chi connectivity index (χ4n) is 4.43. The van der Waals surface area contributed by atoms with Crippen LogP contribution in [0.1, 0.15) is 23.1 Å². The van der Waals surface area contributed by atoms with Crippen LogP contribution in [-0.4, -0.2) is 29.4 Å². The number of hydrogen-bond donors (Lipinski definition) is 2. The zero-order valence-corrected chi connectivity index (χ0v) is 17.9. The molecule has 0 saturated carbocycles. The Kier molecular flexibility index (Phi) is 5.27. The van der Waals surface area contributed by atoms with Crippen LogP contribution >= 0.6 is 0 Å². The summed E-state index contributed by atoms with van der Waals surface area (Å²) in [5.41, 5.74) is 13.6. The first-order valence-corrected chi connectivity index (χ1v) is 10.8. The van der Waals surface area contributed by atoms with Crippen molar-refractivity contribution in [1.82, 2.24) is 10.2 Å². The largest absolute Gasteiger partial charge is 0.487 e. The van der Waals surface area contributed by atoms with Gasteiger partial charge in [0.25, 0.3) is 0 Å². The minimum absolute atomic E-state index is 0.0343. The lowest BCUT2D eigenvalue weighted by atomic mass is 9.97. The molecule has 162 valence electrons. The van der Waals surface area contributed by atoms with E-state index in [0.29, 0.717) is 24.3 Å². The van der Waals surface area contributed by atoms with Crippen molar-refractivity contribution in [3.63, 3.8) is 0 Å². The molecule has 5 rings (SSSR count). The van der Waals surface area contributed by atoms with E-state index in [1.165, 1.54) is 18.2 Å². The summed E-state index contributed by atoms with van der Waals surface area (Å²) >= 11 is 0. The molecule has 0 aliphatic heterocycles. The molecule has 3 N–H and O–H groups in total. The lowest BCUT2D eigenvalue weighted by Crippen LogP contribution is -2.18. The van der Waals surface area contributed by atoms with Crippen LogP contribution in [0.15, 0.2) is 60.8 Å². The predicted molar refractivity (Wildman–Crippen MR) is 125 cm³/mol. The number of nitrogen functional groups attached to an aromatic ring is 1. The van der Waals surface area contributed by atoms with E-state index in [2.05, 4.69) is 46.6 Å². The molecule has 0 bridgehead atoms. The third-order valence-electron chi connectivity index (χ3n) is 6.07. The normalized spacial score (nSPS) is 13.3. The van der Waals surface area contributed by atoms with Crippen LogP contribution in [0, 0.1) is 0 Å². The van der Waals surface area contributed by atoms with Crippen LogP contribution in [0.25, 0.3) is 22.0 Å². The van der Waals surface area contributed by atoms with Crippen molar-refractivity contribution in [3.8, 4) is 16.9 Å². The van der Waals surface area contributed by atoms with Crippen molar-refractivity contribution in [3.05, 3.63) is 77.5 Å². The molecule has 0 radical (unpaired) electrons. The molecule has 32 heavy (non-hydrogen) atoms. The van der Waals surface area contributed by atoms with Crippen LogP contribution in [0.4, 0.5) is 5.69 Å². The molecule has 6 nitrogen and oxygen atoms in total. The maximum atomic E-state index is 11.7. The SMILES string of the molecule is COC(=O)CCc1cc(N)c(OC2Cc3ccccc3C2)c(-c2ccc3[nH]ncc3c2)c1. The van der Waals surface area contributed by atoms with E-state index in [9.17, 15) is 4.79 Å². The van der Waals surface area contributed by atoms with Crippen LogP contribution in [0.5, 0.6) is 5.75 Å². The van der Waals surface area contributed by atoms with E-state index in [-0.39, 0.29) is 12.1 Å². The second kappa shape index (κ2) is 8.38. The van der Waals surface area contributed by atoms with Crippen LogP contribution in [0.2, 0.25) is 0 Å². The molecule has 1 aliphatic carbocycles. The molecule has 0 fully saturated rings. The number of aromatic nitrogens is 2. The highest BCUT2D eigenvalue weighted by molar-refractivity contribution is 5.87. The lowest BCUT2D eigenvalue weighted by Gasteiger charge is -2.20. The van der Waals surface area contributed by atoms with E-state index in [0.717, 1.165) is 40.4 Å². The summed E-state index contributed by atoms with van der Waals surface area (Å²) in [7, 11) is 1.40. The lowest BCUT2D eigenvalue weighted by molar-refractivity contribution is -0.140. The Labute approximate surface area is 186 Å². The number of carbonyl (C=O) groups is 1. The molecule has 1 heterocycles. The van der Waals surface area contributed by atoms with E-state index >= 15 is 0 Å². The molecule has 3 aromatic carbocycles. The zero-order valence-electron chi connectivity index (χ0n) is 17.9. The monoisotopic (exact) mass is 427 g/mol. The maximum Gasteiger partial charge on any atom is 0.305 e. The summed E-state index contributed by atoms with van der Waals surface area (Å²) in [4.78, 5) is 11.7. The highest BCUT2D eigenvalue weighted by atomic mass is 16.5. The molecular weight excluding hydrogens is 402 g/mol. The van der Waals surface area contributed by atoms with Crippen molar-refractivity contribution in [1.29, 1.82) is 0 Å². The highest BCUT2D eigenvalue weighted by Crippen LogP contribution is 2.40. The second-order valence-electron chi connectivity index (χ2n) is 8.23. The highest BCUT2D eigenvalue weighted by Gasteiger charge is 2.25. The average Bonchev–Trinajstić information content (AvgIpc) is 3.44. The summed E-state index contributed by atoms with van der Waals surface area (Å²) in [5, 5.41) is 8.13. The topological polar surface area (TPSA) is 90.2 Å². The molecule has 1 aliphatic rings. The van der Waals surface area contributed by atoms with Gasteiger partial charge in [-0.2, -0.15) is 5.10 Å². The van der Waals surface area contributed by atoms with Gasteiger partial charge < -0.3 is 15.2 Å². The van der Waals surface area contributed by atoms with Gasteiger partial charge in [0.2, 0.25) is 0 Å². The first-order chi connectivity index (χ1) is 15.6. The first-order valence-electron chi connectivity index (χ1n) is 10.8. The number of nitrogens with one attached hydrogen (secondary N) is 1. The number of ether oxygens (including phenoxy) is 2. The Balaban J connectivity index is 1.51. The van der Waals surface area contributed by atoms with Gasteiger partial charge in [0.15, 0.2) is 0 Å². The molecular formula is C26H25N3O3. The zero-order chi connectivity index (χ0) is 22.1. The van der Waals surface area contributed by atoms with Gasteiger partial charge in [-0.3, -0.25) is 9.89 Å². The number of nitrogens with two attached hydrogens (primary N) is 1. The molecule has 0 spiro atoms. The number of esters is 1. The van der Waals surface area contributed by atoms with Gasteiger partial charge in [-0.15, -0.1) is 0 Å². The van der Waals surface area contributed by atoms with E-state index < -0.39 is 0 Å². The van der Waals surface area contributed by atoms with Crippen molar-refractivity contribution in [2.75, 3.05) is 12.8 Å². The van der Waals surface area contributed by atoms with Gasteiger partial charge in [-0.25, -0.2) is 0 Å². The summed E-state index contributed by atoms with van der Waals surface area (Å²) < 4.78 is 11.3. The average molecular weight is 428 g/mol. The maximum absolute atomic E-state index is 11.7. The smallest absolute Gasteiger partial charge is 0.305 e. The minimum Gasteiger partial charge on any atom is -0.487 e. The molecule has 1 aromatic heterocycles. The number of aromatic amines is 1. The Bertz CT molecular complexity index is 1270.